The highest BCUT2D eigenvalue weighted by molar-refractivity contribution is 6.32. The molecule has 0 radical (unpaired) electrons. The summed E-state index contributed by atoms with van der Waals surface area (Å²) < 4.78 is 12.6. The second-order valence-corrected chi connectivity index (χ2v) is 4.73. The lowest BCUT2D eigenvalue weighted by molar-refractivity contribution is -0.850. The van der Waals surface area contributed by atoms with Crippen LogP contribution in [0.4, 0.5) is 4.39 Å². The van der Waals surface area contributed by atoms with E-state index in [9.17, 15) is 9.50 Å². The summed E-state index contributed by atoms with van der Waals surface area (Å²) in [5.74, 6) is 0.208. The topological polar surface area (TPSA) is 49.9 Å². The number of benzene rings is 1. The number of hydrogen-bond acceptors (Lipinski definition) is 3. The Morgan fingerprint density at radius 3 is 2.38 bits per heavy atom. The molecule has 2 aromatic rings. The van der Waals surface area contributed by atoms with E-state index < -0.39 is 6.67 Å². The molecule has 1 aliphatic heterocycles. The Kier molecular flexibility index (Phi) is 3.75. The normalized spacial score (nSPS) is 17.5. The molecule has 21 heavy (non-hydrogen) atoms. The fraction of sp³-hybridized carbons (Fsp3) is 0.125. The SMILES string of the molecule is Oc1ccc(C2=N[NH+](CCF)C=C2c2ccncc2)cc1. The van der Waals surface area contributed by atoms with Gasteiger partial charge in [-0.2, -0.15) is 5.01 Å². The third-order valence-electron chi connectivity index (χ3n) is 3.30. The third-order valence-corrected chi connectivity index (χ3v) is 3.30. The molecule has 1 unspecified atom stereocenters. The number of alkyl halides is 1. The van der Waals surface area contributed by atoms with Gasteiger partial charge in [-0.1, -0.05) is 5.10 Å². The summed E-state index contributed by atoms with van der Waals surface area (Å²) in [6.45, 7) is -0.127. The molecule has 106 valence electrons. The zero-order valence-corrected chi connectivity index (χ0v) is 11.3. The first-order valence-corrected chi connectivity index (χ1v) is 6.70. The van der Waals surface area contributed by atoms with Gasteiger partial charge in [-0.15, -0.1) is 0 Å². The summed E-state index contributed by atoms with van der Waals surface area (Å²) >= 11 is 0. The zero-order valence-electron chi connectivity index (χ0n) is 11.3. The van der Waals surface area contributed by atoms with E-state index in [-0.39, 0.29) is 5.75 Å². The first kappa shape index (κ1) is 13.5. The predicted octanol–water partition coefficient (Wildman–Crippen LogP) is 1.40. The minimum absolute atomic E-state index is 0.208. The van der Waals surface area contributed by atoms with Crippen LogP contribution in [-0.4, -0.2) is 29.0 Å². The number of nitrogens with zero attached hydrogens (tertiary/aromatic N) is 2. The molecule has 0 bridgehead atoms. The molecule has 0 amide bonds. The number of quaternary nitrogens is 1. The summed E-state index contributed by atoms with van der Waals surface area (Å²) in [6.07, 6.45) is 5.35. The van der Waals surface area contributed by atoms with Gasteiger partial charge in [-0.25, -0.2) is 4.39 Å². The Hall–Kier alpha value is -2.53. The van der Waals surface area contributed by atoms with Crippen molar-refractivity contribution >= 4 is 11.3 Å². The highest BCUT2D eigenvalue weighted by Gasteiger charge is 2.25. The van der Waals surface area contributed by atoms with E-state index >= 15 is 0 Å². The Balaban J connectivity index is 2.01. The monoisotopic (exact) mass is 284 g/mol. The number of phenolic OH excluding ortho intramolecular Hbond substituents is 1. The lowest BCUT2D eigenvalue weighted by Crippen LogP contribution is -3.02. The van der Waals surface area contributed by atoms with E-state index in [4.69, 9.17) is 0 Å². The molecule has 3 rings (SSSR count). The summed E-state index contributed by atoms with van der Waals surface area (Å²) in [5.41, 5.74) is 3.63. The van der Waals surface area contributed by atoms with E-state index in [2.05, 4.69) is 10.1 Å². The Morgan fingerprint density at radius 1 is 1.00 bits per heavy atom. The molecular weight excluding hydrogens is 269 g/mol. The molecule has 0 saturated carbocycles. The highest BCUT2D eigenvalue weighted by Crippen LogP contribution is 2.22. The smallest absolute Gasteiger partial charge is 0.141 e. The molecule has 0 fully saturated rings. The van der Waals surface area contributed by atoms with Crippen molar-refractivity contribution < 1.29 is 14.5 Å². The molecular formula is C16H15FN3O+. The van der Waals surface area contributed by atoms with Crippen LogP contribution in [0.2, 0.25) is 0 Å². The number of pyridine rings is 1. The average Bonchev–Trinajstić information content (AvgIpc) is 2.93. The largest absolute Gasteiger partial charge is 0.508 e. The van der Waals surface area contributed by atoms with E-state index in [1.165, 1.54) is 0 Å². The van der Waals surface area contributed by atoms with Crippen LogP contribution in [0.5, 0.6) is 5.75 Å². The number of hydrogen-bond donors (Lipinski definition) is 2. The maximum absolute atomic E-state index is 12.6. The number of aromatic nitrogens is 1. The number of aromatic hydroxyl groups is 1. The van der Waals surface area contributed by atoms with Gasteiger partial charge in [0.25, 0.3) is 0 Å². The minimum Gasteiger partial charge on any atom is -0.508 e. The third kappa shape index (κ3) is 2.83. The lowest BCUT2D eigenvalue weighted by atomic mass is 9.98. The molecule has 1 aromatic heterocycles. The zero-order chi connectivity index (χ0) is 14.7. The van der Waals surface area contributed by atoms with Crippen molar-refractivity contribution in [3.05, 3.63) is 66.1 Å². The predicted molar refractivity (Wildman–Crippen MR) is 78.7 cm³/mol. The number of halogens is 1. The summed E-state index contributed by atoms with van der Waals surface area (Å²) in [5, 5.41) is 14.7. The van der Waals surface area contributed by atoms with Gasteiger partial charge in [0.2, 0.25) is 0 Å². The average molecular weight is 284 g/mol. The van der Waals surface area contributed by atoms with Gasteiger partial charge in [0, 0.05) is 18.0 Å². The van der Waals surface area contributed by atoms with Crippen molar-refractivity contribution in [1.82, 2.24) is 4.98 Å². The maximum Gasteiger partial charge on any atom is 0.141 e. The van der Waals surface area contributed by atoms with Gasteiger partial charge in [0.05, 0.1) is 5.57 Å². The molecule has 1 aromatic carbocycles. The van der Waals surface area contributed by atoms with Gasteiger partial charge in [0.1, 0.15) is 30.9 Å². The Labute approximate surface area is 121 Å². The number of nitrogens with one attached hydrogen (secondary N) is 1. The molecule has 2 heterocycles. The van der Waals surface area contributed by atoms with Crippen molar-refractivity contribution in [2.45, 2.75) is 0 Å². The van der Waals surface area contributed by atoms with Crippen molar-refractivity contribution in [2.75, 3.05) is 13.2 Å². The Bertz CT molecular complexity index is 680. The van der Waals surface area contributed by atoms with Crippen LogP contribution in [0.15, 0.2) is 60.1 Å². The maximum atomic E-state index is 12.6. The second-order valence-electron chi connectivity index (χ2n) is 4.73. The van der Waals surface area contributed by atoms with Crippen molar-refractivity contribution in [1.29, 1.82) is 0 Å². The molecule has 1 atom stereocenters. The van der Waals surface area contributed by atoms with Crippen molar-refractivity contribution in [3.63, 3.8) is 0 Å². The van der Waals surface area contributed by atoms with Crippen LogP contribution in [0.25, 0.3) is 5.57 Å². The Morgan fingerprint density at radius 2 is 1.71 bits per heavy atom. The molecule has 0 saturated heterocycles. The highest BCUT2D eigenvalue weighted by atomic mass is 19.1. The van der Waals surface area contributed by atoms with Crippen molar-refractivity contribution in [2.24, 2.45) is 5.10 Å². The first-order chi connectivity index (χ1) is 10.3. The standard InChI is InChI=1S/C16H14FN3O/c17-7-10-20-11-15(12-5-8-18-9-6-12)16(19-20)13-1-3-14(21)4-2-13/h1-6,8-9,11,21H,7,10H2/p+1. The molecule has 4 nitrogen and oxygen atoms in total. The van der Waals surface area contributed by atoms with Crippen LogP contribution in [0.1, 0.15) is 11.1 Å². The van der Waals surface area contributed by atoms with Gasteiger partial charge in [-0.3, -0.25) is 4.98 Å². The van der Waals surface area contributed by atoms with Gasteiger partial charge < -0.3 is 5.11 Å². The van der Waals surface area contributed by atoms with E-state index in [1.54, 1.807) is 24.5 Å². The number of allylic oxidation sites excluding steroid dienone is 1. The number of phenols is 1. The van der Waals surface area contributed by atoms with Crippen LogP contribution in [0, 0.1) is 0 Å². The molecule has 0 aliphatic carbocycles. The quantitative estimate of drug-likeness (QED) is 0.891. The van der Waals surface area contributed by atoms with Gasteiger partial charge >= 0.3 is 0 Å². The fourth-order valence-electron chi connectivity index (χ4n) is 2.29. The lowest BCUT2D eigenvalue weighted by Gasteiger charge is -2.04. The van der Waals surface area contributed by atoms with E-state index in [1.807, 2.05) is 30.5 Å². The van der Waals surface area contributed by atoms with E-state index in [0.29, 0.717) is 6.54 Å². The minimum atomic E-state index is -0.429. The fourth-order valence-corrected chi connectivity index (χ4v) is 2.29. The summed E-state index contributed by atoms with van der Waals surface area (Å²) in [6, 6.07) is 10.7. The van der Waals surface area contributed by atoms with Crippen LogP contribution >= 0.6 is 0 Å². The summed E-state index contributed by atoms with van der Waals surface area (Å²) in [4.78, 5) is 4.01. The second kappa shape index (κ2) is 5.85. The first-order valence-electron chi connectivity index (χ1n) is 6.70. The van der Waals surface area contributed by atoms with Crippen LogP contribution in [-0.2, 0) is 0 Å². The van der Waals surface area contributed by atoms with Crippen LogP contribution < -0.4 is 5.01 Å². The molecule has 2 N–H and O–H groups in total. The van der Waals surface area contributed by atoms with E-state index in [0.717, 1.165) is 27.4 Å². The molecule has 1 aliphatic rings. The molecule has 0 spiro atoms. The van der Waals surface area contributed by atoms with Crippen LogP contribution in [0.3, 0.4) is 0 Å². The summed E-state index contributed by atoms with van der Waals surface area (Å²) in [7, 11) is 0. The number of rotatable bonds is 4. The van der Waals surface area contributed by atoms with Gasteiger partial charge in [-0.05, 0) is 42.0 Å². The molecule has 5 heteroatoms. The van der Waals surface area contributed by atoms with Crippen molar-refractivity contribution in [3.8, 4) is 5.75 Å². The van der Waals surface area contributed by atoms with Gasteiger partial charge in [0.15, 0.2) is 0 Å².